The van der Waals surface area contributed by atoms with Gasteiger partial charge in [0.2, 0.25) is 0 Å². The molecule has 0 bridgehead atoms. The van der Waals surface area contributed by atoms with Gasteiger partial charge in [-0.25, -0.2) is 0 Å². The molecule has 2 nitrogen and oxygen atoms in total. The smallest absolute Gasteiger partial charge is 0.0252 e. The van der Waals surface area contributed by atoms with Crippen molar-refractivity contribution in [2.24, 2.45) is 5.73 Å². The maximum atomic E-state index is 6.14. The van der Waals surface area contributed by atoms with E-state index in [0.29, 0.717) is 0 Å². The fourth-order valence-corrected chi connectivity index (χ4v) is 1.52. The van der Waals surface area contributed by atoms with Gasteiger partial charge in [0.05, 0.1) is 0 Å². The molecule has 1 aliphatic rings. The maximum Gasteiger partial charge on any atom is 0.0252 e. The van der Waals surface area contributed by atoms with E-state index < -0.39 is 0 Å². The molecular weight excluding hydrogens is 160 g/mol. The summed E-state index contributed by atoms with van der Waals surface area (Å²) in [6.45, 7) is 10.0. The largest absolute Gasteiger partial charge is 0.324 e. The Morgan fingerprint density at radius 2 is 2.23 bits per heavy atom. The second kappa shape index (κ2) is 4.25. The van der Waals surface area contributed by atoms with Crippen LogP contribution in [0.4, 0.5) is 0 Å². The first-order valence-corrected chi connectivity index (χ1v) is 5.23. The Bertz CT molecular complexity index is 171. The summed E-state index contributed by atoms with van der Waals surface area (Å²) >= 11 is 0. The van der Waals surface area contributed by atoms with Gasteiger partial charge in [0.25, 0.3) is 0 Å². The Labute approximate surface area is 81.8 Å². The predicted molar refractivity (Wildman–Crippen MR) is 57.7 cm³/mol. The number of rotatable bonds is 6. The van der Waals surface area contributed by atoms with Crippen LogP contribution < -0.4 is 5.73 Å². The minimum absolute atomic E-state index is 0.0361. The summed E-state index contributed by atoms with van der Waals surface area (Å²) in [7, 11) is 0. The lowest BCUT2D eigenvalue weighted by Gasteiger charge is -2.31. The summed E-state index contributed by atoms with van der Waals surface area (Å²) in [6.07, 6.45) is 5.69. The lowest BCUT2D eigenvalue weighted by molar-refractivity contribution is 0.223. The Morgan fingerprint density at radius 3 is 2.62 bits per heavy atom. The van der Waals surface area contributed by atoms with Gasteiger partial charge in [-0.3, -0.25) is 4.90 Å². The van der Waals surface area contributed by atoms with Crippen molar-refractivity contribution in [1.29, 1.82) is 0 Å². The highest BCUT2D eigenvalue weighted by Crippen LogP contribution is 2.27. The molecule has 2 heteroatoms. The third-order valence-electron chi connectivity index (χ3n) is 2.80. The molecule has 1 aliphatic carbocycles. The predicted octanol–water partition coefficient (Wildman–Crippen LogP) is 1.76. The van der Waals surface area contributed by atoms with Gasteiger partial charge in [0, 0.05) is 24.7 Å². The van der Waals surface area contributed by atoms with Gasteiger partial charge < -0.3 is 5.73 Å². The number of nitrogens with two attached hydrogens (primary N) is 1. The first-order chi connectivity index (χ1) is 6.09. The van der Waals surface area contributed by atoms with Gasteiger partial charge in [-0.1, -0.05) is 13.0 Å². The Morgan fingerprint density at radius 1 is 1.62 bits per heavy atom. The van der Waals surface area contributed by atoms with Crippen molar-refractivity contribution < 1.29 is 0 Å². The van der Waals surface area contributed by atoms with Crippen molar-refractivity contribution in [2.75, 3.05) is 13.1 Å². The van der Waals surface area contributed by atoms with Crippen molar-refractivity contribution in [3.8, 4) is 0 Å². The molecule has 1 fully saturated rings. The van der Waals surface area contributed by atoms with Crippen LogP contribution in [0.25, 0.3) is 0 Å². The number of hydrogen-bond acceptors (Lipinski definition) is 2. The lowest BCUT2D eigenvalue weighted by Crippen LogP contribution is -2.48. The fraction of sp³-hybridized carbons (Fsp3) is 0.818. The van der Waals surface area contributed by atoms with Crippen molar-refractivity contribution in [3.63, 3.8) is 0 Å². The molecule has 0 aromatic carbocycles. The quantitative estimate of drug-likeness (QED) is 0.634. The molecule has 1 unspecified atom stereocenters. The second-order valence-corrected chi connectivity index (χ2v) is 4.46. The Kier molecular flexibility index (Phi) is 3.51. The summed E-state index contributed by atoms with van der Waals surface area (Å²) < 4.78 is 0. The maximum absolute atomic E-state index is 6.14. The van der Waals surface area contributed by atoms with Gasteiger partial charge in [0.1, 0.15) is 0 Å². The number of hydrogen-bond donors (Lipinski definition) is 1. The molecule has 13 heavy (non-hydrogen) atoms. The molecule has 2 N–H and O–H groups in total. The highest BCUT2D eigenvalue weighted by Gasteiger charge is 2.31. The van der Waals surface area contributed by atoms with Crippen LogP contribution in [0.3, 0.4) is 0 Å². The van der Waals surface area contributed by atoms with E-state index in [9.17, 15) is 0 Å². The van der Waals surface area contributed by atoms with Crippen molar-refractivity contribution in [2.45, 2.75) is 44.7 Å². The first-order valence-electron chi connectivity index (χ1n) is 5.23. The van der Waals surface area contributed by atoms with Gasteiger partial charge in [0.15, 0.2) is 0 Å². The molecule has 76 valence electrons. The van der Waals surface area contributed by atoms with E-state index in [1.165, 1.54) is 12.8 Å². The van der Waals surface area contributed by atoms with E-state index in [1.807, 2.05) is 6.08 Å². The van der Waals surface area contributed by atoms with Crippen LogP contribution in [-0.4, -0.2) is 29.6 Å². The summed E-state index contributed by atoms with van der Waals surface area (Å²) in [5.74, 6) is 0. The van der Waals surface area contributed by atoms with Gasteiger partial charge >= 0.3 is 0 Å². The Hall–Kier alpha value is -0.340. The SMILES string of the molecule is C=CCN(CC(C)(N)CC)C1CC1. The average molecular weight is 182 g/mol. The van der Waals surface area contributed by atoms with E-state index in [4.69, 9.17) is 5.73 Å². The minimum Gasteiger partial charge on any atom is -0.324 e. The summed E-state index contributed by atoms with van der Waals surface area (Å²) in [6, 6.07) is 0.785. The molecular formula is C11H22N2. The highest BCUT2D eigenvalue weighted by molar-refractivity contribution is 4.92. The van der Waals surface area contributed by atoms with Crippen molar-refractivity contribution in [3.05, 3.63) is 12.7 Å². The van der Waals surface area contributed by atoms with Crippen LogP contribution in [0.2, 0.25) is 0 Å². The van der Waals surface area contributed by atoms with Crippen LogP contribution in [0.1, 0.15) is 33.1 Å². The molecule has 1 saturated carbocycles. The molecule has 0 aromatic rings. The standard InChI is InChI=1S/C11H22N2/c1-4-8-13(10-6-7-10)9-11(3,12)5-2/h4,10H,1,5-9,12H2,2-3H3. The van der Waals surface area contributed by atoms with Crippen LogP contribution >= 0.6 is 0 Å². The highest BCUT2D eigenvalue weighted by atomic mass is 15.2. The first kappa shape index (κ1) is 10.7. The molecule has 0 aromatic heterocycles. The normalized spacial score (nSPS) is 21.5. The summed E-state index contributed by atoms with van der Waals surface area (Å²) in [5, 5.41) is 0. The molecule has 1 rings (SSSR count). The van der Waals surface area contributed by atoms with E-state index in [-0.39, 0.29) is 5.54 Å². The topological polar surface area (TPSA) is 29.3 Å². The van der Waals surface area contributed by atoms with E-state index in [2.05, 4.69) is 25.3 Å². The van der Waals surface area contributed by atoms with Crippen LogP contribution in [0.5, 0.6) is 0 Å². The van der Waals surface area contributed by atoms with Gasteiger partial charge in [-0.15, -0.1) is 6.58 Å². The number of nitrogens with zero attached hydrogens (tertiary/aromatic N) is 1. The van der Waals surface area contributed by atoms with Gasteiger partial charge in [-0.05, 0) is 26.2 Å². The molecule has 0 heterocycles. The molecule has 0 aliphatic heterocycles. The Balaban J connectivity index is 2.41. The van der Waals surface area contributed by atoms with Crippen LogP contribution in [0.15, 0.2) is 12.7 Å². The van der Waals surface area contributed by atoms with E-state index >= 15 is 0 Å². The average Bonchev–Trinajstić information content (AvgIpc) is 2.86. The van der Waals surface area contributed by atoms with Crippen LogP contribution in [0, 0.1) is 0 Å². The third kappa shape index (κ3) is 3.49. The summed E-state index contributed by atoms with van der Waals surface area (Å²) in [4.78, 5) is 2.45. The zero-order valence-corrected chi connectivity index (χ0v) is 8.92. The molecule has 0 amide bonds. The molecule has 0 radical (unpaired) electrons. The molecule has 0 spiro atoms. The van der Waals surface area contributed by atoms with Crippen LogP contribution in [-0.2, 0) is 0 Å². The minimum atomic E-state index is -0.0361. The zero-order chi connectivity index (χ0) is 9.90. The van der Waals surface area contributed by atoms with Gasteiger partial charge in [-0.2, -0.15) is 0 Å². The molecule has 1 atom stereocenters. The van der Waals surface area contributed by atoms with E-state index in [0.717, 1.165) is 25.6 Å². The monoisotopic (exact) mass is 182 g/mol. The van der Waals surface area contributed by atoms with E-state index in [1.54, 1.807) is 0 Å². The van der Waals surface area contributed by atoms with Crippen molar-refractivity contribution >= 4 is 0 Å². The second-order valence-electron chi connectivity index (χ2n) is 4.46. The molecule has 0 saturated heterocycles. The van der Waals surface area contributed by atoms with Crippen molar-refractivity contribution in [1.82, 2.24) is 4.90 Å². The third-order valence-corrected chi connectivity index (χ3v) is 2.80. The fourth-order valence-electron chi connectivity index (χ4n) is 1.52. The summed E-state index contributed by atoms with van der Waals surface area (Å²) in [5.41, 5.74) is 6.10. The lowest BCUT2D eigenvalue weighted by atomic mass is 10.00. The zero-order valence-electron chi connectivity index (χ0n) is 8.92.